The maximum Gasteiger partial charge on any atom is 0.282 e. The number of pyridine rings is 1. The van der Waals surface area contributed by atoms with E-state index in [9.17, 15) is 5.21 Å². The molecular formula is C15H23N3O2. The van der Waals surface area contributed by atoms with Gasteiger partial charge in [-0.2, -0.15) is 0 Å². The Morgan fingerprint density at radius 1 is 1.00 bits per heavy atom. The fourth-order valence-electron chi connectivity index (χ4n) is 3.03. The molecule has 0 radical (unpaired) electrons. The fourth-order valence-corrected chi connectivity index (χ4v) is 3.03. The number of aromatic nitrogens is 1. The van der Waals surface area contributed by atoms with Crippen LogP contribution in [0.2, 0.25) is 0 Å². The molecule has 2 aliphatic rings. The molecule has 0 bridgehead atoms. The monoisotopic (exact) mass is 277 g/mol. The first-order valence-corrected chi connectivity index (χ1v) is 7.57. The molecule has 0 saturated carbocycles. The second-order valence-corrected chi connectivity index (χ2v) is 5.65. The van der Waals surface area contributed by atoms with Crippen molar-refractivity contribution in [2.45, 2.75) is 26.2 Å². The normalized spacial score (nSPS) is 20.2. The third-order valence-electron chi connectivity index (χ3n) is 4.22. The first-order valence-electron chi connectivity index (χ1n) is 7.57. The van der Waals surface area contributed by atoms with E-state index in [1.165, 1.54) is 24.9 Å². The summed E-state index contributed by atoms with van der Waals surface area (Å²) in [5.41, 5.74) is 1.96. The molecule has 1 aromatic heterocycles. The second-order valence-electron chi connectivity index (χ2n) is 5.65. The van der Waals surface area contributed by atoms with E-state index in [2.05, 4.69) is 15.9 Å². The summed E-state index contributed by atoms with van der Waals surface area (Å²) >= 11 is 0. The maximum absolute atomic E-state index is 12.3. The van der Waals surface area contributed by atoms with Crippen LogP contribution in [0, 0.1) is 12.1 Å². The summed E-state index contributed by atoms with van der Waals surface area (Å²) in [6, 6.07) is 4.07. The largest absolute Gasteiger partial charge is 0.710 e. The van der Waals surface area contributed by atoms with Crippen LogP contribution in [-0.2, 0) is 4.74 Å². The molecule has 3 heterocycles. The molecule has 1 aromatic rings. The fraction of sp³-hybridized carbons (Fsp3) is 0.667. The first-order chi connectivity index (χ1) is 9.75. The number of piperidine rings is 1. The molecule has 0 spiro atoms. The van der Waals surface area contributed by atoms with Crippen molar-refractivity contribution >= 4 is 11.5 Å². The topological polar surface area (TPSA) is 42.6 Å². The predicted octanol–water partition coefficient (Wildman–Crippen LogP) is 1.46. The number of hydrogen-bond donors (Lipinski definition) is 0. The van der Waals surface area contributed by atoms with Gasteiger partial charge in [-0.1, -0.05) is 0 Å². The summed E-state index contributed by atoms with van der Waals surface area (Å²) in [5.74, 6) is 0.772. The van der Waals surface area contributed by atoms with Crippen molar-refractivity contribution in [3.05, 3.63) is 23.0 Å². The van der Waals surface area contributed by atoms with Crippen molar-refractivity contribution < 1.29 is 9.47 Å². The van der Waals surface area contributed by atoms with Gasteiger partial charge in [-0.3, -0.25) is 4.90 Å². The Kier molecular flexibility index (Phi) is 3.96. The van der Waals surface area contributed by atoms with Gasteiger partial charge < -0.3 is 14.8 Å². The molecule has 110 valence electrons. The molecular weight excluding hydrogens is 254 g/mol. The van der Waals surface area contributed by atoms with Crippen LogP contribution in [0.1, 0.15) is 25.0 Å². The molecule has 0 amide bonds. The van der Waals surface area contributed by atoms with Crippen LogP contribution in [0.5, 0.6) is 0 Å². The number of morpholine rings is 1. The van der Waals surface area contributed by atoms with Crippen LogP contribution < -0.4 is 14.5 Å². The number of ether oxygens (including phenoxy) is 1. The number of hydrogen-bond acceptors (Lipinski definition) is 4. The summed E-state index contributed by atoms with van der Waals surface area (Å²) in [6.45, 7) is 7.09. The van der Waals surface area contributed by atoms with Gasteiger partial charge in [0, 0.05) is 24.8 Å². The molecule has 5 heteroatoms. The number of nitrogens with zero attached hydrogens (tertiary/aromatic N) is 3. The lowest BCUT2D eigenvalue weighted by molar-refractivity contribution is -0.599. The standard InChI is InChI=1S/C15H23N3O2/c1-13-11-14(16-5-3-2-4-6-16)12-15(18(13)19)17-7-9-20-10-8-17/h11-12H,2-10H2,1H3. The van der Waals surface area contributed by atoms with E-state index in [1.807, 2.05) is 13.0 Å². The zero-order valence-electron chi connectivity index (χ0n) is 12.2. The summed E-state index contributed by atoms with van der Waals surface area (Å²) < 4.78 is 6.43. The van der Waals surface area contributed by atoms with E-state index >= 15 is 0 Å². The summed E-state index contributed by atoms with van der Waals surface area (Å²) in [6.07, 6.45) is 3.82. The highest BCUT2D eigenvalue weighted by atomic mass is 16.5. The molecule has 3 rings (SSSR count). The molecule has 0 atom stereocenters. The van der Waals surface area contributed by atoms with Crippen LogP contribution in [0.4, 0.5) is 11.5 Å². The third kappa shape index (κ3) is 2.68. The molecule has 0 aliphatic carbocycles. The van der Waals surface area contributed by atoms with Gasteiger partial charge in [0.15, 0.2) is 0 Å². The van der Waals surface area contributed by atoms with Gasteiger partial charge in [-0.25, -0.2) is 4.73 Å². The van der Waals surface area contributed by atoms with Gasteiger partial charge in [-0.05, 0) is 26.2 Å². The Balaban J connectivity index is 1.89. The lowest BCUT2D eigenvalue weighted by Crippen LogP contribution is -2.45. The van der Waals surface area contributed by atoms with Gasteiger partial charge in [0.05, 0.1) is 19.3 Å². The molecule has 0 N–H and O–H groups in total. The molecule has 5 nitrogen and oxygen atoms in total. The van der Waals surface area contributed by atoms with Gasteiger partial charge in [-0.15, -0.1) is 0 Å². The molecule has 0 aromatic carbocycles. The second kappa shape index (κ2) is 5.87. The van der Waals surface area contributed by atoms with Crippen molar-refractivity contribution in [2.75, 3.05) is 49.2 Å². The average molecular weight is 277 g/mol. The molecule has 2 saturated heterocycles. The highest BCUT2D eigenvalue weighted by molar-refractivity contribution is 5.54. The van der Waals surface area contributed by atoms with Crippen LogP contribution in [0.25, 0.3) is 0 Å². The molecule has 2 aliphatic heterocycles. The highest BCUT2D eigenvalue weighted by Gasteiger charge is 2.23. The van der Waals surface area contributed by atoms with Crippen molar-refractivity contribution in [1.82, 2.24) is 0 Å². The Labute approximate surface area is 120 Å². The minimum Gasteiger partial charge on any atom is -0.710 e. The predicted molar refractivity (Wildman–Crippen MR) is 79.2 cm³/mol. The average Bonchev–Trinajstić information content (AvgIpc) is 2.51. The van der Waals surface area contributed by atoms with Crippen molar-refractivity contribution in [2.24, 2.45) is 0 Å². The van der Waals surface area contributed by atoms with Crippen LogP contribution in [-0.4, -0.2) is 39.4 Å². The Bertz CT molecular complexity index is 466. The van der Waals surface area contributed by atoms with Crippen molar-refractivity contribution in [3.8, 4) is 0 Å². The summed E-state index contributed by atoms with van der Waals surface area (Å²) in [4.78, 5) is 4.54. The lowest BCUT2D eigenvalue weighted by Gasteiger charge is -2.31. The molecule has 2 fully saturated rings. The highest BCUT2D eigenvalue weighted by Crippen LogP contribution is 2.24. The zero-order valence-corrected chi connectivity index (χ0v) is 12.2. The van der Waals surface area contributed by atoms with E-state index in [0.29, 0.717) is 13.2 Å². The summed E-state index contributed by atoms with van der Waals surface area (Å²) in [7, 11) is 0. The Morgan fingerprint density at radius 3 is 2.40 bits per heavy atom. The smallest absolute Gasteiger partial charge is 0.282 e. The van der Waals surface area contributed by atoms with E-state index in [-0.39, 0.29) is 0 Å². The first kappa shape index (κ1) is 13.5. The number of rotatable bonds is 2. The third-order valence-corrected chi connectivity index (χ3v) is 4.22. The van der Waals surface area contributed by atoms with Gasteiger partial charge in [0.1, 0.15) is 18.8 Å². The quantitative estimate of drug-likeness (QED) is 0.606. The zero-order chi connectivity index (χ0) is 13.9. The maximum atomic E-state index is 12.3. The minimum atomic E-state index is 0.701. The van der Waals surface area contributed by atoms with Gasteiger partial charge in [0.2, 0.25) is 0 Å². The number of anilines is 2. The van der Waals surface area contributed by atoms with E-state index < -0.39 is 0 Å². The lowest BCUT2D eigenvalue weighted by atomic mass is 10.1. The summed E-state index contributed by atoms with van der Waals surface area (Å²) in [5, 5.41) is 12.3. The SMILES string of the molecule is Cc1cc(N2CCCCC2)cc(N2CCOCC2)[n+]1[O-]. The number of aryl methyl sites for hydroxylation is 1. The van der Waals surface area contributed by atoms with Crippen molar-refractivity contribution in [3.63, 3.8) is 0 Å². The van der Waals surface area contributed by atoms with E-state index in [4.69, 9.17) is 4.74 Å². The van der Waals surface area contributed by atoms with E-state index in [1.54, 1.807) is 0 Å². The van der Waals surface area contributed by atoms with Gasteiger partial charge >= 0.3 is 0 Å². The van der Waals surface area contributed by atoms with Crippen LogP contribution in [0.3, 0.4) is 0 Å². The van der Waals surface area contributed by atoms with E-state index in [0.717, 1.165) is 42.4 Å². The van der Waals surface area contributed by atoms with Gasteiger partial charge in [0.25, 0.3) is 5.82 Å². The van der Waals surface area contributed by atoms with Crippen LogP contribution in [0.15, 0.2) is 12.1 Å². The van der Waals surface area contributed by atoms with Crippen molar-refractivity contribution in [1.29, 1.82) is 0 Å². The minimum absolute atomic E-state index is 0.701. The van der Waals surface area contributed by atoms with Crippen LogP contribution >= 0.6 is 0 Å². The molecule has 20 heavy (non-hydrogen) atoms. The molecule has 0 unspecified atom stereocenters. The Hall–Kier alpha value is -1.49. The Morgan fingerprint density at radius 2 is 1.70 bits per heavy atom.